The number of benzene rings is 2. The predicted molar refractivity (Wildman–Crippen MR) is 144 cm³/mol. The number of amides is 1. The molecule has 0 bridgehead atoms. The molecule has 4 rings (SSSR count). The highest BCUT2D eigenvalue weighted by Gasteiger charge is 2.24. The summed E-state index contributed by atoms with van der Waals surface area (Å²) in [6.07, 6.45) is 16.9. The van der Waals surface area contributed by atoms with Crippen LogP contribution >= 0.6 is 0 Å². The molecule has 1 amide bonds. The highest BCUT2D eigenvalue weighted by Crippen LogP contribution is 2.38. The van der Waals surface area contributed by atoms with Crippen LogP contribution in [0.3, 0.4) is 0 Å². The molecule has 2 fully saturated rings. The lowest BCUT2D eigenvalue weighted by Gasteiger charge is -2.29. The average Bonchev–Trinajstić information content (AvgIpc) is 2.90. The maximum Gasteiger partial charge on any atom is 0.243 e. The second-order valence-electron chi connectivity index (χ2n) is 10.7. The normalized spacial score (nSPS) is 25.0. The van der Waals surface area contributed by atoms with E-state index in [-0.39, 0.29) is 5.91 Å². The zero-order chi connectivity index (χ0) is 23.8. The van der Waals surface area contributed by atoms with Gasteiger partial charge in [0.15, 0.2) is 0 Å². The van der Waals surface area contributed by atoms with Crippen molar-refractivity contribution in [1.82, 2.24) is 5.32 Å². The Morgan fingerprint density at radius 2 is 1.29 bits per heavy atom. The molecule has 2 aliphatic carbocycles. The fraction of sp³-hybridized carbons (Fsp3) is 0.531. The van der Waals surface area contributed by atoms with Gasteiger partial charge in [-0.05, 0) is 97.5 Å². The van der Waals surface area contributed by atoms with Gasteiger partial charge < -0.3 is 5.32 Å². The first kappa shape index (κ1) is 24.8. The lowest BCUT2D eigenvalue weighted by Crippen LogP contribution is -2.36. The monoisotopic (exact) mass is 457 g/mol. The molecule has 2 saturated carbocycles. The Labute approximate surface area is 207 Å². The number of hydrogen-bond acceptors (Lipinski definition) is 1. The molecule has 0 unspecified atom stereocenters. The van der Waals surface area contributed by atoms with Crippen molar-refractivity contribution in [2.75, 3.05) is 0 Å². The van der Waals surface area contributed by atoms with Crippen LogP contribution in [0.1, 0.15) is 107 Å². The molecule has 0 heterocycles. The van der Waals surface area contributed by atoms with Crippen LogP contribution in [-0.4, -0.2) is 11.9 Å². The first-order chi connectivity index (χ1) is 16.7. The smallest absolute Gasteiger partial charge is 0.243 e. The number of carbonyl (C=O) groups is 1. The Bertz CT molecular complexity index is 897. The number of rotatable bonds is 9. The molecular weight excluding hydrogens is 414 g/mol. The maximum atomic E-state index is 11.5. The molecule has 0 radical (unpaired) electrons. The minimum atomic E-state index is -0.0473. The van der Waals surface area contributed by atoms with E-state index in [4.69, 9.17) is 0 Å². The first-order valence-electron chi connectivity index (χ1n) is 13.8. The summed E-state index contributed by atoms with van der Waals surface area (Å²) in [7, 11) is 0. The highest BCUT2D eigenvalue weighted by atomic mass is 16.1. The van der Waals surface area contributed by atoms with E-state index in [1.54, 1.807) is 0 Å². The first-order valence-corrected chi connectivity index (χ1v) is 13.8. The molecule has 1 N–H and O–H groups in total. The van der Waals surface area contributed by atoms with E-state index in [1.807, 2.05) is 0 Å². The summed E-state index contributed by atoms with van der Waals surface area (Å²) in [6.45, 7) is 5.85. The summed E-state index contributed by atoms with van der Waals surface area (Å²) in [6, 6.07) is 18.9. The van der Waals surface area contributed by atoms with Crippen molar-refractivity contribution in [1.29, 1.82) is 0 Å². The predicted octanol–water partition coefficient (Wildman–Crippen LogP) is 8.54. The minimum absolute atomic E-state index is 0.0473. The van der Waals surface area contributed by atoms with Gasteiger partial charge in [0.25, 0.3) is 0 Å². The fourth-order valence-corrected chi connectivity index (χ4v) is 6.19. The zero-order valence-corrected chi connectivity index (χ0v) is 21.1. The highest BCUT2D eigenvalue weighted by molar-refractivity contribution is 5.87. The van der Waals surface area contributed by atoms with Crippen molar-refractivity contribution in [3.8, 4) is 11.1 Å². The molecule has 2 nitrogen and oxygen atoms in total. The Morgan fingerprint density at radius 3 is 1.76 bits per heavy atom. The maximum absolute atomic E-state index is 11.5. The SMILES string of the molecule is C=CC(=O)NC1CCC(c2ccc(-c3ccc(C4CCC(CCCCC)CC4)cc3)cc2)CC1. The summed E-state index contributed by atoms with van der Waals surface area (Å²) < 4.78 is 0. The Hall–Kier alpha value is -2.35. The van der Waals surface area contributed by atoms with E-state index in [0.717, 1.165) is 37.5 Å². The number of unbranched alkanes of at least 4 members (excludes halogenated alkanes) is 2. The van der Waals surface area contributed by atoms with E-state index in [1.165, 1.54) is 79.7 Å². The van der Waals surface area contributed by atoms with Crippen LogP contribution in [0.25, 0.3) is 11.1 Å². The molecule has 34 heavy (non-hydrogen) atoms. The molecule has 0 aliphatic heterocycles. The topological polar surface area (TPSA) is 29.1 Å². The van der Waals surface area contributed by atoms with Crippen molar-refractivity contribution in [2.24, 2.45) is 5.92 Å². The fourth-order valence-electron chi connectivity index (χ4n) is 6.19. The van der Waals surface area contributed by atoms with Gasteiger partial charge in [0.05, 0.1) is 0 Å². The van der Waals surface area contributed by atoms with Gasteiger partial charge in [-0.15, -0.1) is 0 Å². The molecule has 0 aromatic heterocycles. The Morgan fingerprint density at radius 1 is 0.794 bits per heavy atom. The minimum Gasteiger partial charge on any atom is -0.350 e. The Kier molecular flexibility index (Phi) is 9.02. The second-order valence-corrected chi connectivity index (χ2v) is 10.7. The molecule has 2 aromatic carbocycles. The summed E-state index contributed by atoms with van der Waals surface area (Å²) in [5, 5.41) is 3.05. The van der Waals surface area contributed by atoms with Gasteiger partial charge in [0.2, 0.25) is 5.91 Å². The van der Waals surface area contributed by atoms with Crippen LogP contribution in [0.5, 0.6) is 0 Å². The summed E-state index contributed by atoms with van der Waals surface area (Å²) in [5.74, 6) is 2.28. The molecule has 2 aromatic rings. The van der Waals surface area contributed by atoms with Gasteiger partial charge in [-0.2, -0.15) is 0 Å². The average molecular weight is 458 g/mol. The van der Waals surface area contributed by atoms with Crippen LogP contribution < -0.4 is 5.32 Å². The van der Waals surface area contributed by atoms with Gasteiger partial charge in [-0.1, -0.05) is 87.7 Å². The van der Waals surface area contributed by atoms with Crippen molar-refractivity contribution >= 4 is 5.91 Å². The summed E-state index contributed by atoms with van der Waals surface area (Å²) in [4.78, 5) is 11.5. The van der Waals surface area contributed by atoms with Gasteiger partial charge in [-0.25, -0.2) is 0 Å². The lowest BCUT2D eigenvalue weighted by molar-refractivity contribution is -0.117. The van der Waals surface area contributed by atoms with Crippen LogP contribution in [0.2, 0.25) is 0 Å². The summed E-state index contributed by atoms with van der Waals surface area (Å²) >= 11 is 0. The van der Waals surface area contributed by atoms with Crippen LogP contribution in [0, 0.1) is 5.92 Å². The Balaban J connectivity index is 1.28. The van der Waals surface area contributed by atoms with Gasteiger partial charge in [-0.3, -0.25) is 4.79 Å². The molecule has 2 aliphatic rings. The number of carbonyl (C=O) groups excluding carboxylic acids is 1. The van der Waals surface area contributed by atoms with Crippen molar-refractivity contribution in [3.05, 3.63) is 72.3 Å². The van der Waals surface area contributed by atoms with Crippen molar-refractivity contribution in [3.63, 3.8) is 0 Å². The summed E-state index contributed by atoms with van der Waals surface area (Å²) in [5.41, 5.74) is 5.60. The van der Waals surface area contributed by atoms with E-state index < -0.39 is 0 Å². The van der Waals surface area contributed by atoms with Gasteiger partial charge >= 0.3 is 0 Å². The molecule has 0 spiro atoms. The van der Waals surface area contributed by atoms with E-state index in [2.05, 4.69) is 67.4 Å². The van der Waals surface area contributed by atoms with Crippen LogP contribution in [0.4, 0.5) is 0 Å². The molecule has 0 saturated heterocycles. The molecular formula is C32H43NO. The largest absolute Gasteiger partial charge is 0.350 e. The van der Waals surface area contributed by atoms with Crippen LogP contribution in [0.15, 0.2) is 61.2 Å². The van der Waals surface area contributed by atoms with Crippen LogP contribution in [-0.2, 0) is 4.79 Å². The third kappa shape index (κ3) is 6.62. The third-order valence-corrected chi connectivity index (χ3v) is 8.42. The standard InChI is InChI=1S/C32H43NO/c1-3-5-6-7-24-8-10-25(11-9-24)26-12-14-27(15-13-26)28-16-18-29(19-17-28)30-20-22-31(23-21-30)33-32(34)4-2/h4,12-19,24-25,30-31H,2-3,5-11,20-23H2,1H3,(H,33,34). The van der Waals surface area contributed by atoms with E-state index >= 15 is 0 Å². The third-order valence-electron chi connectivity index (χ3n) is 8.42. The molecule has 182 valence electrons. The number of hydrogen-bond donors (Lipinski definition) is 1. The van der Waals surface area contributed by atoms with Crippen molar-refractivity contribution in [2.45, 2.75) is 102 Å². The zero-order valence-electron chi connectivity index (χ0n) is 21.1. The lowest BCUT2D eigenvalue weighted by atomic mass is 9.77. The quantitative estimate of drug-likeness (QED) is 0.297. The van der Waals surface area contributed by atoms with Gasteiger partial charge in [0.1, 0.15) is 0 Å². The molecule has 2 heteroatoms. The van der Waals surface area contributed by atoms with E-state index in [0.29, 0.717) is 12.0 Å². The second kappa shape index (κ2) is 12.4. The van der Waals surface area contributed by atoms with Gasteiger partial charge in [0, 0.05) is 6.04 Å². The number of nitrogens with one attached hydrogen (secondary N) is 1. The molecule has 0 atom stereocenters. The van der Waals surface area contributed by atoms with E-state index in [9.17, 15) is 4.79 Å². The van der Waals surface area contributed by atoms with Crippen molar-refractivity contribution < 1.29 is 4.79 Å².